The van der Waals surface area contributed by atoms with Crippen LogP contribution < -0.4 is 10.5 Å². The Hall–Kier alpha value is -1.46. The molecule has 1 aromatic carbocycles. The zero-order valence-corrected chi connectivity index (χ0v) is 12.5. The zero-order valence-electron chi connectivity index (χ0n) is 11.7. The minimum atomic E-state index is -0.325. The van der Waals surface area contributed by atoms with Crippen LogP contribution in [0.3, 0.4) is 0 Å². The Morgan fingerprint density at radius 3 is 2.95 bits per heavy atom. The number of aryl methyl sites for hydroxylation is 1. The maximum atomic E-state index is 13.3. The van der Waals surface area contributed by atoms with Gasteiger partial charge in [0.1, 0.15) is 18.2 Å². The molecule has 2 rings (SSSR count). The number of benzene rings is 1. The Labute approximate surface area is 122 Å². The van der Waals surface area contributed by atoms with Crippen molar-refractivity contribution in [1.29, 1.82) is 0 Å². The predicted molar refractivity (Wildman–Crippen MR) is 79.4 cm³/mol. The van der Waals surface area contributed by atoms with E-state index in [2.05, 4.69) is 11.9 Å². The van der Waals surface area contributed by atoms with Crippen molar-refractivity contribution in [2.24, 2.45) is 5.73 Å². The summed E-state index contributed by atoms with van der Waals surface area (Å²) in [6.07, 6.45) is 2.06. The van der Waals surface area contributed by atoms with Crippen LogP contribution in [0, 0.1) is 5.82 Å². The fraction of sp³-hybridized carbons (Fsp3) is 0.400. The average Bonchev–Trinajstić information content (AvgIpc) is 2.84. The molecule has 20 heavy (non-hydrogen) atoms. The molecular formula is C15H19FN2OS. The first-order chi connectivity index (χ1) is 9.60. The SMILES string of the molecule is CCCc1nc(COc2cc(F)ccc2[C@H](C)N)cs1. The summed E-state index contributed by atoms with van der Waals surface area (Å²) >= 11 is 1.63. The lowest BCUT2D eigenvalue weighted by Gasteiger charge is -2.13. The van der Waals surface area contributed by atoms with Crippen LogP contribution in [0.1, 0.15) is 42.6 Å². The van der Waals surface area contributed by atoms with Gasteiger partial charge < -0.3 is 10.5 Å². The van der Waals surface area contributed by atoms with E-state index in [0.29, 0.717) is 12.4 Å². The molecule has 0 amide bonds. The molecule has 1 atom stereocenters. The van der Waals surface area contributed by atoms with E-state index in [0.717, 1.165) is 29.1 Å². The predicted octanol–water partition coefficient (Wildman–Crippen LogP) is 3.83. The minimum Gasteiger partial charge on any atom is -0.487 e. The monoisotopic (exact) mass is 294 g/mol. The van der Waals surface area contributed by atoms with Gasteiger partial charge in [-0.2, -0.15) is 0 Å². The highest BCUT2D eigenvalue weighted by Crippen LogP contribution is 2.26. The lowest BCUT2D eigenvalue weighted by atomic mass is 10.1. The molecule has 1 aromatic heterocycles. The number of nitrogens with two attached hydrogens (primary N) is 1. The third-order valence-electron chi connectivity index (χ3n) is 2.90. The van der Waals surface area contributed by atoms with E-state index in [1.54, 1.807) is 17.4 Å². The summed E-state index contributed by atoms with van der Waals surface area (Å²) in [7, 11) is 0. The molecule has 0 saturated carbocycles. The summed E-state index contributed by atoms with van der Waals surface area (Å²) in [6.45, 7) is 4.31. The largest absolute Gasteiger partial charge is 0.487 e. The topological polar surface area (TPSA) is 48.1 Å². The van der Waals surface area contributed by atoms with E-state index in [1.807, 2.05) is 12.3 Å². The number of nitrogens with zero attached hydrogens (tertiary/aromatic N) is 1. The van der Waals surface area contributed by atoms with Crippen molar-refractivity contribution in [2.75, 3.05) is 0 Å². The second-order valence-electron chi connectivity index (χ2n) is 4.74. The second-order valence-corrected chi connectivity index (χ2v) is 5.68. The van der Waals surface area contributed by atoms with Gasteiger partial charge in [-0.3, -0.25) is 0 Å². The van der Waals surface area contributed by atoms with Crippen molar-refractivity contribution in [3.8, 4) is 5.75 Å². The maximum Gasteiger partial charge on any atom is 0.131 e. The van der Waals surface area contributed by atoms with E-state index in [9.17, 15) is 4.39 Å². The van der Waals surface area contributed by atoms with Gasteiger partial charge in [0.25, 0.3) is 0 Å². The Morgan fingerprint density at radius 1 is 1.45 bits per heavy atom. The summed E-state index contributed by atoms with van der Waals surface area (Å²) in [4.78, 5) is 4.48. The molecule has 2 N–H and O–H groups in total. The molecule has 0 aliphatic heterocycles. The average molecular weight is 294 g/mol. The first kappa shape index (κ1) is 14.9. The van der Waals surface area contributed by atoms with E-state index in [4.69, 9.17) is 10.5 Å². The summed E-state index contributed by atoms with van der Waals surface area (Å²) in [5.41, 5.74) is 7.54. The molecule has 0 bridgehead atoms. The summed E-state index contributed by atoms with van der Waals surface area (Å²) in [5, 5.41) is 3.09. The number of thiazole rings is 1. The summed E-state index contributed by atoms with van der Waals surface area (Å²) in [6, 6.07) is 4.24. The molecule has 0 aliphatic rings. The maximum absolute atomic E-state index is 13.3. The van der Waals surface area contributed by atoms with Crippen LogP contribution in [-0.2, 0) is 13.0 Å². The van der Waals surface area contributed by atoms with Crippen LogP contribution in [0.4, 0.5) is 4.39 Å². The fourth-order valence-electron chi connectivity index (χ4n) is 1.90. The lowest BCUT2D eigenvalue weighted by Crippen LogP contribution is -2.08. The molecule has 108 valence electrons. The molecule has 0 spiro atoms. The quantitative estimate of drug-likeness (QED) is 0.880. The third kappa shape index (κ3) is 3.77. The Kier molecular flexibility index (Phi) is 5.09. The van der Waals surface area contributed by atoms with Gasteiger partial charge in [0.05, 0.1) is 10.7 Å². The van der Waals surface area contributed by atoms with Crippen molar-refractivity contribution in [2.45, 2.75) is 39.3 Å². The van der Waals surface area contributed by atoms with Crippen LogP contribution in [0.15, 0.2) is 23.6 Å². The Morgan fingerprint density at radius 2 is 2.25 bits per heavy atom. The highest BCUT2D eigenvalue weighted by Gasteiger charge is 2.10. The smallest absolute Gasteiger partial charge is 0.131 e. The number of hydrogen-bond donors (Lipinski definition) is 1. The molecule has 2 aromatic rings. The van der Waals surface area contributed by atoms with Gasteiger partial charge in [-0.05, 0) is 25.8 Å². The number of aromatic nitrogens is 1. The van der Waals surface area contributed by atoms with E-state index in [-0.39, 0.29) is 11.9 Å². The molecular weight excluding hydrogens is 275 g/mol. The molecule has 0 radical (unpaired) electrons. The fourth-order valence-corrected chi connectivity index (χ4v) is 2.79. The standard InChI is InChI=1S/C15H19FN2OS/c1-3-4-15-18-12(9-20-15)8-19-14-7-11(16)5-6-13(14)10(2)17/h5-7,9-10H,3-4,8,17H2,1-2H3/t10-/m0/s1. The molecule has 3 nitrogen and oxygen atoms in total. The van der Waals surface area contributed by atoms with Gasteiger partial charge in [-0.25, -0.2) is 9.37 Å². The van der Waals surface area contributed by atoms with Crippen LogP contribution in [0.5, 0.6) is 5.75 Å². The van der Waals surface area contributed by atoms with Crippen molar-refractivity contribution in [3.63, 3.8) is 0 Å². The molecule has 0 aliphatic carbocycles. The van der Waals surface area contributed by atoms with Gasteiger partial charge in [0.2, 0.25) is 0 Å². The zero-order chi connectivity index (χ0) is 14.5. The molecule has 0 fully saturated rings. The normalized spacial score (nSPS) is 12.4. The second kappa shape index (κ2) is 6.81. The molecule has 5 heteroatoms. The molecule has 0 unspecified atom stereocenters. The molecule has 1 heterocycles. The first-order valence-electron chi connectivity index (χ1n) is 6.71. The summed E-state index contributed by atoms with van der Waals surface area (Å²) in [5.74, 6) is 0.166. The van der Waals surface area contributed by atoms with Crippen LogP contribution in [0.25, 0.3) is 0 Å². The van der Waals surface area contributed by atoms with Crippen molar-refractivity contribution in [3.05, 3.63) is 45.7 Å². The number of ether oxygens (including phenoxy) is 1. The lowest BCUT2D eigenvalue weighted by molar-refractivity contribution is 0.295. The van der Waals surface area contributed by atoms with Gasteiger partial charge in [-0.1, -0.05) is 13.0 Å². The van der Waals surface area contributed by atoms with Gasteiger partial charge in [0.15, 0.2) is 0 Å². The molecule has 0 saturated heterocycles. The number of halogens is 1. The summed E-state index contributed by atoms with van der Waals surface area (Å²) < 4.78 is 19.0. The number of rotatable bonds is 6. The third-order valence-corrected chi connectivity index (χ3v) is 3.86. The minimum absolute atomic E-state index is 0.198. The first-order valence-corrected chi connectivity index (χ1v) is 7.59. The number of hydrogen-bond acceptors (Lipinski definition) is 4. The van der Waals surface area contributed by atoms with E-state index < -0.39 is 0 Å². The van der Waals surface area contributed by atoms with E-state index >= 15 is 0 Å². The van der Waals surface area contributed by atoms with Gasteiger partial charge in [0, 0.05) is 23.1 Å². The van der Waals surface area contributed by atoms with Crippen molar-refractivity contribution >= 4 is 11.3 Å². The van der Waals surface area contributed by atoms with Crippen LogP contribution in [-0.4, -0.2) is 4.98 Å². The van der Waals surface area contributed by atoms with Gasteiger partial charge in [-0.15, -0.1) is 11.3 Å². The van der Waals surface area contributed by atoms with Crippen LogP contribution in [0.2, 0.25) is 0 Å². The van der Waals surface area contributed by atoms with Gasteiger partial charge >= 0.3 is 0 Å². The highest BCUT2D eigenvalue weighted by molar-refractivity contribution is 7.09. The highest BCUT2D eigenvalue weighted by atomic mass is 32.1. The Balaban J connectivity index is 2.07. The Bertz CT molecular complexity index is 569. The van der Waals surface area contributed by atoms with Crippen molar-refractivity contribution < 1.29 is 9.13 Å². The van der Waals surface area contributed by atoms with E-state index in [1.165, 1.54) is 12.1 Å². The van der Waals surface area contributed by atoms with Crippen molar-refractivity contribution in [1.82, 2.24) is 4.98 Å². The van der Waals surface area contributed by atoms with Crippen LogP contribution >= 0.6 is 11.3 Å².